The average molecular weight is 199 g/mol. The molecule has 0 atom stereocenters. The molecule has 0 unspecified atom stereocenters. The van der Waals surface area contributed by atoms with Crippen molar-refractivity contribution >= 4 is 5.97 Å². The number of hydrogen-bond acceptors (Lipinski definition) is 4. The number of benzene rings is 1. The maximum Gasteiger partial charge on any atom is 0.317 e. The van der Waals surface area contributed by atoms with E-state index in [4.69, 9.17) is 15.3 Å². The minimum Gasteiger partial charge on any atom is -0.480 e. The second kappa shape index (κ2) is 7.02. The van der Waals surface area contributed by atoms with E-state index in [1.807, 2.05) is 6.07 Å². The largest absolute Gasteiger partial charge is 0.480 e. The summed E-state index contributed by atoms with van der Waals surface area (Å²) in [6, 6.07) is 8.66. The Hall–Kier alpha value is -1.43. The zero-order chi connectivity index (χ0) is 11.0. The second-order valence-corrected chi connectivity index (χ2v) is 2.38. The third-order valence-corrected chi connectivity index (χ3v) is 1.27. The van der Waals surface area contributed by atoms with E-state index >= 15 is 0 Å². The van der Waals surface area contributed by atoms with Crippen LogP contribution in [0.2, 0.25) is 0 Å². The number of hydrogen-bond donors (Lipinski definition) is 4. The molecule has 1 aromatic rings. The van der Waals surface area contributed by atoms with Crippen molar-refractivity contribution in [2.75, 3.05) is 6.54 Å². The molecule has 5 nitrogen and oxygen atoms in total. The normalized spacial score (nSPS) is 9.14. The zero-order valence-electron chi connectivity index (χ0n) is 7.50. The van der Waals surface area contributed by atoms with Gasteiger partial charge in [0.2, 0.25) is 0 Å². The van der Waals surface area contributed by atoms with Crippen molar-refractivity contribution in [2.24, 2.45) is 5.73 Å². The van der Waals surface area contributed by atoms with Gasteiger partial charge in [-0.1, -0.05) is 30.3 Å². The number of nitrogens with two attached hydrogens (primary N) is 1. The van der Waals surface area contributed by atoms with E-state index in [0.717, 1.165) is 0 Å². The molecule has 1 aromatic carbocycles. The lowest BCUT2D eigenvalue weighted by Crippen LogP contribution is -2.10. The Bertz CT molecular complexity index is 261. The van der Waals surface area contributed by atoms with Gasteiger partial charge in [-0.2, -0.15) is 0 Å². The number of rotatable bonds is 2. The first-order valence-electron chi connectivity index (χ1n) is 3.91. The average Bonchev–Trinajstić information content (AvgIpc) is 2.20. The summed E-state index contributed by atoms with van der Waals surface area (Å²) in [5.41, 5.74) is 5.10. The number of aliphatic hydroxyl groups excluding tert-OH is 1. The third kappa shape index (κ3) is 6.13. The van der Waals surface area contributed by atoms with Crippen molar-refractivity contribution in [1.29, 1.82) is 0 Å². The predicted octanol–water partition coefficient (Wildman–Crippen LogP) is -0.300. The quantitative estimate of drug-likeness (QED) is 0.489. The minimum atomic E-state index is -1.34. The van der Waals surface area contributed by atoms with E-state index in [0.29, 0.717) is 5.56 Å². The molecule has 0 spiro atoms. The lowest BCUT2D eigenvalue weighted by Gasteiger charge is -1.99. The van der Waals surface area contributed by atoms with Crippen molar-refractivity contribution in [1.82, 2.24) is 0 Å². The Morgan fingerprint density at radius 1 is 1.29 bits per heavy atom. The summed E-state index contributed by atoms with van der Waals surface area (Å²) in [4.78, 5) is 9.24. The molecule has 0 fully saturated rings. The van der Waals surface area contributed by atoms with Crippen molar-refractivity contribution in [2.45, 2.75) is 6.29 Å². The van der Waals surface area contributed by atoms with Gasteiger partial charge in [-0.05, 0) is 0 Å². The van der Waals surface area contributed by atoms with Gasteiger partial charge in [0.1, 0.15) is 0 Å². The fourth-order valence-electron chi connectivity index (χ4n) is 0.625. The maximum atomic E-state index is 9.24. The summed E-state index contributed by atoms with van der Waals surface area (Å²) in [6.45, 7) is -0.278. The molecule has 0 aliphatic carbocycles. The Kier molecular flexibility index (Phi) is 6.30. The van der Waals surface area contributed by atoms with Crippen LogP contribution in [0, 0.1) is 0 Å². The fraction of sp³-hybridized carbons (Fsp3) is 0.222. The molecule has 0 aromatic heterocycles. The summed E-state index contributed by atoms with van der Waals surface area (Å²) in [6.07, 6.45) is -1.34. The van der Waals surface area contributed by atoms with Crippen LogP contribution in [-0.4, -0.2) is 27.8 Å². The molecule has 1 rings (SSSR count). The van der Waals surface area contributed by atoms with Crippen LogP contribution in [0.1, 0.15) is 11.9 Å². The van der Waals surface area contributed by atoms with Crippen LogP contribution in [0.5, 0.6) is 0 Å². The van der Waals surface area contributed by atoms with Gasteiger partial charge >= 0.3 is 5.97 Å². The number of carboxylic acids is 1. The van der Waals surface area contributed by atoms with E-state index in [-0.39, 0.29) is 6.54 Å². The van der Waals surface area contributed by atoms with Gasteiger partial charge in [-0.3, -0.25) is 4.79 Å². The maximum absolute atomic E-state index is 9.24. The SMILES string of the molecule is NCC(=O)O.OC(O)c1ccccc1. The second-order valence-electron chi connectivity index (χ2n) is 2.38. The van der Waals surface area contributed by atoms with Crippen LogP contribution in [0.4, 0.5) is 0 Å². The van der Waals surface area contributed by atoms with Gasteiger partial charge in [0.25, 0.3) is 0 Å². The summed E-state index contributed by atoms with van der Waals surface area (Å²) >= 11 is 0. The van der Waals surface area contributed by atoms with Gasteiger partial charge in [0.05, 0.1) is 6.54 Å². The first kappa shape index (κ1) is 12.6. The molecule has 78 valence electrons. The van der Waals surface area contributed by atoms with Gasteiger partial charge in [0, 0.05) is 5.56 Å². The molecule has 5 heteroatoms. The molecule has 5 N–H and O–H groups in total. The summed E-state index contributed by atoms with van der Waals surface area (Å²) in [5.74, 6) is -0.968. The minimum absolute atomic E-state index is 0.278. The number of aliphatic carboxylic acids is 1. The van der Waals surface area contributed by atoms with Crippen LogP contribution in [0.15, 0.2) is 30.3 Å². The Morgan fingerprint density at radius 2 is 1.71 bits per heavy atom. The molecule has 0 radical (unpaired) electrons. The highest BCUT2D eigenvalue weighted by Crippen LogP contribution is 2.06. The first-order chi connectivity index (χ1) is 6.57. The van der Waals surface area contributed by atoms with E-state index in [1.54, 1.807) is 24.3 Å². The van der Waals surface area contributed by atoms with Gasteiger partial charge in [-0.25, -0.2) is 0 Å². The third-order valence-electron chi connectivity index (χ3n) is 1.27. The van der Waals surface area contributed by atoms with E-state index in [1.165, 1.54) is 0 Å². The van der Waals surface area contributed by atoms with Crippen molar-refractivity contribution in [3.8, 4) is 0 Å². The van der Waals surface area contributed by atoms with Gasteiger partial charge in [-0.15, -0.1) is 0 Å². The Morgan fingerprint density at radius 3 is 1.93 bits per heavy atom. The number of aliphatic hydroxyl groups is 2. The van der Waals surface area contributed by atoms with Crippen LogP contribution >= 0.6 is 0 Å². The fourth-order valence-corrected chi connectivity index (χ4v) is 0.625. The molecule has 0 bridgehead atoms. The molecular weight excluding hydrogens is 186 g/mol. The summed E-state index contributed by atoms with van der Waals surface area (Å²) in [5, 5.41) is 24.8. The van der Waals surface area contributed by atoms with Crippen LogP contribution in [0.3, 0.4) is 0 Å². The molecule has 0 aliphatic heterocycles. The van der Waals surface area contributed by atoms with Crippen LogP contribution in [-0.2, 0) is 4.79 Å². The monoisotopic (exact) mass is 199 g/mol. The van der Waals surface area contributed by atoms with E-state index in [2.05, 4.69) is 5.73 Å². The van der Waals surface area contributed by atoms with Crippen molar-refractivity contribution in [3.63, 3.8) is 0 Å². The van der Waals surface area contributed by atoms with E-state index in [9.17, 15) is 4.79 Å². The zero-order valence-corrected chi connectivity index (χ0v) is 7.50. The highest BCUT2D eigenvalue weighted by Gasteiger charge is 1.97. The number of carbonyl (C=O) groups is 1. The molecule has 0 saturated carbocycles. The van der Waals surface area contributed by atoms with Gasteiger partial charge < -0.3 is 21.1 Å². The van der Waals surface area contributed by atoms with E-state index < -0.39 is 12.3 Å². The molecular formula is C9H13NO4. The van der Waals surface area contributed by atoms with Crippen LogP contribution < -0.4 is 5.73 Å². The molecule has 0 aliphatic rings. The van der Waals surface area contributed by atoms with Gasteiger partial charge in [0.15, 0.2) is 6.29 Å². The number of carboxylic acid groups (broad SMARTS) is 1. The summed E-state index contributed by atoms with van der Waals surface area (Å²) in [7, 11) is 0. The van der Waals surface area contributed by atoms with Crippen molar-refractivity contribution < 1.29 is 20.1 Å². The molecule has 0 amide bonds. The molecule has 14 heavy (non-hydrogen) atoms. The standard InChI is InChI=1S/C7H8O2.C2H5NO2/c8-7(9)6-4-2-1-3-5-6;3-1-2(4)5/h1-5,7-9H;1,3H2,(H,4,5). The highest BCUT2D eigenvalue weighted by molar-refractivity contribution is 5.68. The predicted molar refractivity (Wildman–Crippen MR) is 50.3 cm³/mol. The lowest BCUT2D eigenvalue weighted by molar-refractivity contribution is -0.135. The first-order valence-corrected chi connectivity index (χ1v) is 3.91. The molecule has 0 heterocycles. The highest BCUT2D eigenvalue weighted by atomic mass is 16.5. The Labute approximate surface area is 81.4 Å². The lowest BCUT2D eigenvalue weighted by atomic mass is 10.2. The van der Waals surface area contributed by atoms with Crippen molar-refractivity contribution in [3.05, 3.63) is 35.9 Å². The Balaban J connectivity index is 0.000000292. The topological polar surface area (TPSA) is 104 Å². The molecule has 0 saturated heterocycles. The smallest absolute Gasteiger partial charge is 0.317 e. The van der Waals surface area contributed by atoms with Crippen LogP contribution in [0.25, 0.3) is 0 Å². The summed E-state index contributed by atoms with van der Waals surface area (Å²) < 4.78 is 0.